The zero-order valence-electron chi connectivity index (χ0n) is 16.2. The summed E-state index contributed by atoms with van der Waals surface area (Å²) in [6.07, 6.45) is 1.32. The molecule has 0 atom stereocenters. The van der Waals surface area contributed by atoms with Gasteiger partial charge in [-0.05, 0) is 19.1 Å². The normalized spacial score (nSPS) is 13.8. The summed E-state index contributed by atoms with van der Waals surface area (Å²) < 4.78 is 15.7. The molecule has 0 aliphatic carbocycles. The molecule has 1 saturated heterocycles. The minimum Gasteiger partial charge on any atom is -0.497 e. The van der Waals surface area contributed by atoms with Gasteiger partial charge in [-0.3, -0.25) is 0 Å². The lowest BCUT2D eigenvalue weighted by Crippen LogP contribution is -2.49. The fourth-order valence-corrected chi connectivity index (χ4v) is 2.87. The van der Waals surface area contributed by atoms with Crippen molar-refractivity contribution >= 4 is 23.5 Å². The lowest BCUT2D eigenvalue weighted by Gasteiger charge is -2.34. The predicted molar refractivity (Wildman–Crippen MR) is 103 cm³/mol. The number of nitrogens with one attached hydrogen (secondary N) is 1. The molecule has 3 rings (SSSR count). The summed E-state index contributed by atoms with van der Waals surface area (Å²) in [4.78, 5) is 20.1. The molecule has 10 nitrogen and oxygen atoms in total. The average Bonchev–Trinajstić information content (AvgIpc) is 2.74. The van der Waals surface area contributed by atoms with Crippen LogP contribution in [0.4, 0.5) is 22.2 Å². The van der Waals surface area contributed by atoms with E-state index in [2.05, 4.69) is 25.4 Å². The number of rotatable bonds is 6. The number of anilines is 3. The van der Waals surface area contributed by atoms with Crippen molar-refractivity contribution in [3.05, 3.63) is 24.4 Å². The highest BCUT2D eigenvalue weighted by atomic mass is 16.6. The maximum atomic E-state index is 11.8. The number of hydrogen-bond acceptors (Lipinski definition) is 9. The van der Waals surface area contributed by atoms with Crippen molar-refractivity contribution in [1.82, 2.24) is 20.1 Å². The summed E-state index contributed by atoms with van der Waals surface area (Å²) in [5.74, 6) is 2.35. The van der Waals surface area contributed by atoms with Crippen LogP contribution in [0, 0.1) is 0 Å². The smallest absolute Gasteiger partial charge is 0.409 e. The van der Waals surface area contributed by atoms with E-state index in [1.807, 2.05) is 6.07 Å². The van der Waals surface area contributed by atoms with Crippen LogP contribution < -0.4 is 19.7 Å². The third-order valence-corrected chi connectivity index (χ3v) is 4.33. The molecule has 28 heavy (non-hydrogen) atoms. The van der Waals surface area contributed by atoms with Gasteiger partial charge in [-0.2, -0.15) is 10.1 Å². The number of methoxy groups -OCH3 is 2. The number of aromatic nitrogens is 3. The van der Waals surface area contributed by atoms with Gasteiger partial charge in [0.15, 0.2) is 5.82 Å². The second-order valence-corrected chi connectivity index (χ2v) is 6.00. The molecule has 150 valence electrons. The highest BCUT2D eigenvalue weighted by molar-refractivity contribution is 5.68. The van der Waals surface area contributed by atoms with Crippen molar-refractivity contribution in [1.29, 1.82) is 0 Å². The molecule has 0 radical (unpaired) electrons. The third kappa shape index (κ3) is 4.51. The van der Waals surface area contributed by atoms with E-state index in [1.54, 1.807) is 44.4 Å². The van der Waals surface area contributed by atoms with Crippen molar-refractivity contribution in [2.24, 2.45) is 0 Å². The summed E-state index contributed by atoms with van der Waals surface area (Å²) in [5, 5.41) is 11.2. The van der Waals surface area contributed by atoms with Crippen molar-refractivity contribution in [3.8, 4) is 11.5 Å². The highest BCUT2D eigenvalue weighted by Crippen LogP contribution is 2.30. The molecule has 1 aliphatic heterocycles. The number of ether oxygens (including phenoxy) is 3. The second kappa shape index (κ2) is 9.07. The van der Waals surface area contributed by atoms with Gasteiger partial charge in [0.2, 0.25) is 5.95 Å². The first kappa shape index (κ1) is 19.5. The topological polar surface area (TPSA) is 102 Å². The first-order valence-electron chi connectivity index (χ1n) is 9.00. The van der Waals surface area contributed by atoms with Crippen LogP contribution in [0.5, 0.6) is 11.5 Å². The van der Waals surface area contributed by atoms with Crippen LogP contribution in [0.25, 0.3) is 0 Å². The van der Waals surface area contributed by atoms with Crippen LogP contribution in [0.1, 0.15) is 6.92 Å². The van der Waals surface area contributed by atoms with E-state index in [9.17, 15) is 4.79 Å². The number of amides is 1. The maximum Gasteiger partial charge on any atom is 0.409 e. The van der Waals surface area contributed by atoms with Gasteiger partial charge >= 0.3 is 6.09 Å². The van der Waals surface area contributed by atoms with Gasteiger partial charge in [0.1, 0.15) is 11.5 Å². The van der Waals surface area contributed by atoms with Gasteiger partial charge in [0, 0.05) is 32.2 Å². The molecule has 1 aromatic heterocycles. The van der Waals surface area contributed by atoms with E-state index in [0.717, 1.165) is 0 Å². The van der Waals surface area contributed by atoms with Gasteiger partial charge < -0.3 is 29.3 Å². The van der Waals surface area contributed by atoms with Crippen molar-refractivity contribution < 1.29 is 19.0 Å². The Balaban J connectivity index is 1.69. The van der Waals surface area contributed by atoms with Crippen LogP contribution >= 0.6 is 0 Å². The van der Waals surface area contributed by atoms with Gasteiger partial charge in [-0.1, -0.05) is 0 Å². The molecule has 0 spiro atoms. The lowest BCUT2D eigenvalue weighted by molar-refractivity contribution is 0.105. The minimum absolute atomic E-state index is 0.282. The molecule has 1 fully saturated rings. The second-order valence-electron chi connectivity index (χ2n) is 6.00. The van der Waals surface area contributed by atoms with Crippen LogP contribution in [0.2, 0.25) is 0 Å². The van der Waals surface area contributed by atoms with Gasteiger partial charge in [0.25, 0.3) is 0 Å². The standard InChI is InChI=1S/C18H24N6O4/c1-4-28-18(25)24-9-7-23(8-10-24)16-12-19-22-17(21-16)20-14-11-13(26-2)5-6-15(14)27-3/h5-6,11-12H,4,7-10H2,1-3H3,(H,20,21,22). The van der Waals surface area contributed by atoms with Crippen LogP contribution in [-0.4, -0.2) is 73.2 Å². The molecule has 0 saturated carbocycles. The first-order chi connectivity index (χ1) is 13.6. The van der Waals surface area contributed by atoms with Crippen molar-refractivity contribution in [3.63, 3.8) is 0 Å². The molecule has 2 aromatic rings. The Labute approximate surface area is 163 Å². The molecule has 10 heteroatoms. The Bertz CT molecular complexity index is 810. The van der Waals surface area contributed by atoms with Gasteiger partial charge in [0.05, 0.1) is 32.7 Å². The largest absolute Gasteiger partial charge is 0.497 e. The molecule has 1 aliphatic rings. The average molecular weight is 388 g/mol. The van der Waals surface area contributed by atoms with E-state index < -0.39 is 0 Å². The summed E-state index contributed by atoms with van der Waals surface area (Å²) in [5.41, 5.74) is 0.674. The number of carbonyl (C=O) groups excluding carboxylic acids is 1. The molecule has 0 unspecified atom stereocenters. The zero-order valence-corrected chi connectivity index (χ0v) is 16.2. The van der Waals surface area contributed by atoms with Crippen LogP contribution in [0.3, 0.4) is 0 Å². The summed E-state index contributed by atoms with van der Waals surface area (Å²) >= 11 is 0. The van der Waals surface area contributed by atoms with E-state index in [0.29, 0.717) is 61.7 Å². The minimum atomic E-state index is -0.282. The number of carbonyl (C=O) groups is 1. The quantitative estimate of drug-likeness (QED) is 0.795. The Morgan fingerprint density at radius 2 is 1.96 bits per heavy atom. The van der Waals surface area contributed by atoms with Crippen LogP contribution in [0.15, 0.2) is 24.4 Å². The third-order valence-electron chi connectivity index (χ3n) is 4.33. The first-order valence-corrected chi connectivity index (χ1v) is 9.00. The SMILES string of the molecule is CCOC(=O)N1CCN(c2cnnc(Nc3cc(OC)ccc3OC)n2)CC1. The predicted octanol–water partition coefficient (Wildman–Crippen LogP) is 1.91. The van der Waals surface area contributed by atoms with E-state index in [1.165, 1.54) is 0 Å². The Morgan fingerprint density at radius 1 is 1.18 bits per heavy atom. The molecule has 1 N–H and O–H groups in total. The molecular formula is C18H24N6O4. The molecule has 0 bridgehead atoms. The van der Waals surface area contributed by atoms with E-state index in [-0.39, 0.29) is 6.09 Å². The van der Waals surface area contributed by atoms with Crippen LogP contribution in [-0.2, 0) is 4.74 Å². The number of nitrogens with zero attached hydrogens (tertiary/aromatic N) is 5. The molecule has 2 heterocycles. The lowest BCUT2D eigenvalue weighted by atomic mass is 10.2. The van der Waals surface area contributed by atoms with Crippen molar-refractivity contribution in [2.45, 2.75) is 6.92 Å². The summed E-state index contributed by atoms with van der Waals surface area (Å²) in [6.45, 7) is 4.58. The monoisotopic (exact) mass is 388 g/mol. The molecular weight excluding hydrogens is 364 g/mol. The number of hydrogen-bond donors (Lipinski definition) is 1. The van der Waals surface area contributed by atoms with E-state index >= 15 is 0 Å². The van der Waals surface area contributed by atoms with Crippen molar-refractivity contribution in [2.75, 3.05) is 57.2 Å². The van der Waals surface area contributed by atoms with Gasteiger partial charge in [-0.15, -0.1) is 5.10 Å². The van der Waals surface area contributed by atoms with Gasteiger partial charge in [-0.25, -0.2) is 4.79 Å². The van der Waals surface area contributed by atoms with E-state index in [4.69, 9.17) is 14.2 Å². The number of benzene rings is 1. The Kier molecular flexibility index (Phi) is 6.30. The maximum absolute atomic E-state index is 11.8. The fourth-order valence-electron chi connectivity index (χ4n) is 2.87. The fraction of sp³-hybridized carbons (Fsp3) is 0.444. The zero-order chi connectivity index (χ0) is 19.9. The number of piperazine rings is 1. The summed E-state index contributed by atoms with van der Waals surface area (Å²) in [7, 11) is 3.19. The molecule has 1 amide bonds. The Morgan fingerprint density at radius 3 is 2.64 bits per heavy atom. The Hall–Kier alpha value is -3.30. The summed E-state index contributed by atoms with van der Waals surface area (Å²) in [6, 6.07) is 5.41. The highest BCUT2D eigenvalue weighted by Gasteiger charge is 2.23. The molecule has 1 aromatic carbocycles.